The molecule has 0 atom stereocenters. The number of ketones is 2. The van der Waals surface area contributed by atoms with Crippen molar-refractivity contribution in [1.82, 2.24) is 4.98 Å². The normalized spacial score (nSPS) is 10.3. The minimum Gasteiger partial charge on any atom is -0.465 e. The van der Waals surface area contributed by atoms with E-state index < -0.39 is 5.97 Å². The predicted octanol–water partition coefficient (Wildman–Crippen LogP) is 2.49. The van der Waals surface area contributed by atoms with Gasteiger partial charge in [-0.1, -0.05) is 24.3 Å². The molecule has 5 nitrogen and oxygen atoms in total. The fourth-order valence-corrected chi connectivity index (χ4v) is 2.76. The molecule has 0 aliphatic heterocycles. The van der Waals surface area contributed by atoms with Gasteiger partial charge in [-0.2, -0.15) is 0 Å². The Kier molecular flexibility index (Phi) is 5.16. The molecule has 0 aliphatic carbocycles. The van der Waals surface area contributed by atoms with Crippen molar-refractivity contribution in [1.29, 1.82) is 0 Å². The van der Waals surface area contributed by atoms with Crippen molar-refractivity contribution in [3.05, 3.63) is 51.5 Å². The molecule has 0 bridgehead atoms. The Morgan fingerprint density at radius 1 is 1.14 bits per heavy atom. The zero-order valence-electron chi connectivity index (χ0n) is 12.3. The highest BCUT2D eigenvalue weighted by Gasteiger charge is 2.14. The van der Waals surface area contributed by atoms with Crippen molar-refractivity contribution in [3.8, 4) is 0 Å². The van der Waals surface area contributed by atoms with Crippen LogP contribution in [-0.4, -0.2) is 29.6 Å². The summed E-state index contributed by atoms with van der Waals surface area (Å²) < 4.78 is 4.60. The maximum atomic E-state index is 12.2. The number of hydrogen-bond acceptors (Lipinski definition) is 6. The molecule has 0 fully saturated rings. The standard InChI is InChI=1S/C16H15NO4S/c1-10(18)7-11-3-5-12(6-4-11)13(19)8-15-17-9-14(22-15)16(20)21-2/h3-6,9H,7-8H2,1-2H3. The number of thiazole rings is 1. The molecule has 22 heavy (non-hydrogen) atoms. The average Bonchev–Trinajstić information content (AvgIpc) is 2.95. The molecular weight excluding hydrogens is 302 g/mol. The van der Waals surface area contributed by atoms with Crippen LogP contribution in [-0.2, 0) is 22.4 Å². The van der Waals surface area contributed by atoms with Crippen molar-refractivity contribution >= 4 is 28.9 Å². The number of esters is 1. The smallest absolute Gasteiger partial charge is 0.349 e. The van der Waals surface area contributed by atoms with Crippen LogP contribution in [0.15, 0.2) is 30.5 Å². The second-order valence-electron chi connectivity index (χ2n) is 4.79. The van der Waals surface area contributed by atoms with Crippen LogP contribution in [0.3, 0.4) is 0 Å². The lowest BCUT2D eigenvalue weighted by molar-refractivity contribution is -0.116. The van der Waals surface area contributed by atoms with Gasteiger partial charge in [0.2, 0.25) is 0 Å². The van der Waals surface area contributed by atoms with Crippen molar-refractivity contribution in [2.75, 3.05) is 7.11 Å². The monoisotopic (exact) mass is 317 g/mol. The van der Waals surface area contributed by atoms with E-state index in [-0.39, 0.29) is 18.0 Å². The van der Waals surface area contributed by atoms with E-state index in [4.69, 9.17) is 0 Å². The Hall–Kier alpha value is -2.34. The minimum atomic E-state index is -0.454. The van der Waals surface area contributed by atoms with Crippen LogP contribution in [0.2, 0.25) is 0 Å². The van der Waals surface area contributed by atoms with Crippen LogP contribution in [0.25, 0.3) is 0 Å². The van der Waals surface area contributed by atoms with Crippen LogP contribution in [0.1, 0.15) is 37.5 Å². The zero-order valence-corrected chi connectivity index (χ0v) is 13.1. The summed E-state index contributed by atoms with van der Waals surface area (Å²) in [7, 11) is 1.30. The molecule has 114 valence electrons. The lowest BCUT2D eigenvalue weighted by atomic mass is 10.0. The van der Waals surface area contributed by atoms with Crippen molar-refractivity contribution < 1.29 is 19.1 Å². The van der Waals surface area contributed by atoms with Gasteiger partial charge in [-0.05, 0) is 12.5 Å². The van der Waals surface area contributed by atoms with Gasteiger partial charge < -0.3 is 4.74 Å². The molecule has 2 aromatic rings. The van der Waals surface area contributed by atoms with E-state index in [0.29, 0.717) is 21.9 Å². The Morgan fingerprint density at radius 3 is 2.41 bits per heavy atom. The highest BCUT2D eigenvalue weighted by molar-refractivity contribution is 7.13. The first-order chi connectivity index (χ1) is 10.5. The molecule has 1 aromatic heterocycles. The second kappa shape index (κ2) is 7.09. The lowest BCUT2D eigenvalue weighted by Crippen LogP contribution is -2.04. The molecule has 0 unspecified atom stereocenters. The summed E-state index contributed by atoms with van der Waals surface area (Å²) in [6, 6.07) is 6.96. The highest BCUT2D eigenvalue weighted by atomic mass is 32.1. The fourth-order valence-electron chi connectivity index (χ4n) is 1.92. The molecule has 0 saturated heterocycles. The summed E-state index contributed by atoms with van der Waals surface area (Å²) in [5.41, 5.74) is 1.44. The lowest BCUT2D eigenvalue weighted by Gasteiger charge is -2.01. The highest BCUT2D eigenvalue weighted by Crippen LogP contribution is 2.16. The maximum Gasteiger partial charge on any atom is 0.349 e. The van der Waals surface area contributed by atoms with Crippen molar-refractivity contribution in [2.24, 2.45) is 0 Å². The molecular formula is C16H15NO4S. The SMILES string of the molecule is COC(=O)c1cnc(CC(=O)c2ccc(CC(C)=O)cc2)s1. The number of carbonyl (C=O) groups is 3. The van der Waals surface area contributed by atoms with E-state index in [1.165, 1.54) is 20.2 Å². The predicted molar refractivity (Wildman–Crippen MR) is 82.3 cm³/mol. The van der Waals surface area contributed by atoms with Gasteiger partial charge >= 0.3 is 5.97 Å². The third-order valence-electron chi connectivity index (χ3n) is 2.98. The largest absolute Gasteiger partial charge is 0.465 e. The molecule has 1 aromatic carbocycles. The van der Waals surface area contributed by atoms with E-state index in [1.54, 1.807) is 24.3 Å². The quantitative estimate of drug-likeness (QED) is 0.604. The maximum absolute atomic E-state index is 12.2. The van der Waals surface area contributed by atoms with Crippen LogP contribution in [0.4, 0.5) is 0 Å². The first kappa shape index (κ1) is 16.0. The molecule has 0 radical (unpaired) electrons. The van der Waals surface area contributed by atoms with Crippen molar-refractivity contribution in [2.45, 2.75) is 19.8 Å². The minimum absolute atomic E-state index is 0.0807. The number of methoxy groups -OCH3 is 1. The molecule has 0 saturated carbocycles. The van der Waals surface area contributed by atoms with Gasteiger partial charge in [0.1, 0.15) is 15.7 Å². The second-order valence-corrected chi connectivity index (χ2v) is 5.90. The molecule has 0 N–H and O–H groups in total. The van der Waals surface area contributed by atoms with Gasteiger partial charge in [-0.3, -0.25) is 9.59 Å². The number of aromatic nitrogens is 1. The summed E-state index contributed by atoms with van der Waals surface area (Å²) in [5.74, 6) is -0.456. The van der Waals surface area contributed by atoms with Gasteiger partial charge in [0.05, 0.1) is 19.7 Å². The summed E-state index contributed by atoms with van der Waals surface area (Å²) >= 11 is 1.15. The number of ether oxygens (including phenoxy) is 1. The van der Waals surface area contributed by atoms with Crippen LogP contribution < -0.4 is 0 Å². The summed E-state index contributed by atoms with van der Waals surface area (Å²) in [6.07, 6.45) is 1.91. The molecule has 1 heterocycles. The summed E-state index contributed by atoms with van der Waals surface area (Å²) in [6.45, 7) is 1.53. The van der Waals surface area contributed by atoms with Crippen LogP contribution in [0.5, 0.6) is 0 Å². The number of nitrogens with zero attached hydrogens (tertiary/aromatic N) is 1. The Morgan fingerprint density at radius 2 is 1.82 bits per heavy atom. The van der Waals surface area contributed by atoms with E-state index in [2.05, 4.69) is 9.72 Å². The van der Waals surface area contributed by atoms with Crippen LogP contribution in [0, 0.1) is 0 Å². The third kappa shape index (κ3) is 4.08. The molecule has 6 heteroatoms. The number of benzene rings is 1. The van der Waals surface area contributed by atoms with E-state index in [0.717, 1.165) is 16.9 Å². The number of carbonyl (C=O) groups excluding carboxylic acids is 3. The molecule has 0 aliphatic rings. The zero-order chi connectivity index (χ0) is 16.1. The van der Waals surface area contributed by atoms with Gasteiger partial charge in [-0.15, -0.1) is 11.3 Å². The Balaban J connectivity index is 2.04. The average molecular weight is 317 g/mol. The van der Waals surface area contributed by atoms with Crippen LogP contribution >= 0.6 is 11.3 Å². The number of Topliss-reactive ketones (excluding diaryl/α,β-unsaturated/α-hetero) is 2. The number of hydrogen-bond donors (Lipinski definition) is 0. The van der Waals surface area contributed by atoms with E-state index >= 15 is 0 Å². The fraction of sp³-hybridized carbons (Fsp3) is 0.250. The third-order valence-corrected chi connectivity index (χ3v) is 3.96. The van der Waals surface area contributed by atoms with Gasteiger partial charge in [0.25, 0.3) is 0 Å². The molecule has 2 rings (SSSR count). The Bertz CT molecular complexity index is 703. The molecule has 0 amide bonds. The summed E-state index contributed by atoms with van der Waals surface area (Å²) in [4.78, 5) is 39.0. The first-order valence-corrected chi connectivity index (χ1v) is 7.46. The van der Waals surface area contributed by atoms with Gasteiger partial charge in [0, 0.05) is 12.0 Å². The van der Waals surface area contributed by atoms with Gasteiger partial charge in [0.15, 0.2) is 5.78 Å². The van der Waals surface area contributed by atoms with Crippen molar-refractivity contribution in [3.63, 3.8) is 0 Å². The topological polar surface area (TPSA) is 73.3 Å². The molecule has 0 spiro atoms. The first-order valence-electron chi connectivity index (χ1n) is 6.64. The van der Waals surface area contributed by atoms with E-state index in [1.807, 2.05) is 0 Å². The summed E-state index contributed by atoms with van der Waals surface area (Å²) in [5, 5.41) is 0.568. The van der Waals surface area contributed by atoms with Gasteiger partial charge in [-0.25, -0.2) is 9.78 Å². The van der Waals surface area contributed by atoms with E-state index in [9.17, 15) is 14.4 Å². The Labute approximate surface area is 132 Å². The number of rotatable bonds is 6.